The van der Waals surface area contributed by atoms with Crippen LogP contribution >= 0.6 is 0 Å². The van der Waals surface area contributed by atoms with E-state index in [9.17, 15) is 9.90 Å². The van der Waals surface area contributed by atoms with Crippen LogP contribution in [0.5, 0.6) is 5.75 Å². The van der Waals surface area contributed by atoms with Gasteiger partial charge in [0.1, 0.15) is 5.75 Å². The van der Waals surface area contributed by atoms with Crippen LogP contribution in [-0.2, 0) is 4.74 Å². The minimum atomic E-state index is -0.201. The third-order valence-electron chi connectivity index (χ3n) is 4.14. The second kappa shape index (κ2) is 5.32. The first-order valence-corrected chi connectivity index (χ1v) is 6.87. The Morgan fingerprint density at radius 3 is 2.80 bits per heavy atom. The van der Waals surface area contributed by atoms with Crippen LogP contribution in [0.25, 0.3) is 0 Å². The fourth-order valence-corrected chi connectivity index (χ4v) is 2.54. The highest BCUT2D eigenvalue weighted by Gasteiger charge is 2.49. The zero-order valence-corrected chi connectivity index (χ0v) is 12.1. The molecule has 0 spiro atoms. The summed E-state index contributed by atoms with van der Waals surface area (Å²) in [5.74, 6) is -0.272. The number of hydrogen-bond donors (Lipinski definition) is 3. The molecule has 0 aliphatic heterocycles. The second-order valence-electron chi connectivity index (χ2n) is 5.80. The highest BCUT2D eigenvalue weighted by atomic mass is 16.5. The minimum absolute atomic E-state index is 0.0716. The Balaban J connectivity index is 2.01. The molecule has 5 nitrogen and oxygen atoms in total. The van der Waals surface area contributed by atoms with E-state index in [1.54, 1.807) is 6.07 Å². The molecule has 1 fully saturated rings. The van der Waals surface area contributed by atoms with Crippen LogP contribution in [0.1, 0.15) is 37.6 Å². The molecule has 1 saturated carbocycles. The lowest BCUT2D eigenvalue weighted by molar-refractivity contribution is -0.111. The molecular formula is C15H22N2O3. The maximum atomic E-state index is 12.2. The molecule has 0 heterocycles. The average molecular weight is 278 g/mol. The summed E-state index contributed by atoms with van der Waals surface area (Å²) in [5, 5.41) is 12.5. The molecule has 2 rings (SSSR count). The Bertz CT molecular complexity index is 514. The van der Waals surface area contributed by atoms with Crippen LogP contribution < -0.4 is 11.1 Å². The Morgan fingerprint density at radius 1 is 1.55 bits per heavy atom. The third-order valence-corrected chi connectivity index (χ3v) is 4.14. The van der Waals surface area contributed by atoms with Gasteiger partial charge in [0.25, 0.3) is 5.91 Å². The van der Waals surface area contributed by atoms with E-state index in [4.69, 9.17) is 10.5 Å². The maximum absolute atomic E-state index is 12.2. The summed E-state index contributed by atoms with van der Waals surface area (Å²) in [6, 6.07) is 4.59. The number of ether oxygens (including phenoxy) is 1. The van der Waals surface area contributed by atoms with Gasteiger partial charge in [-0.25, -0.2) is 0 Å². The van der Waals surface area contributed by atoms with Crippen molar-refractivity contribution in [1.82, 2.24) is 5.32 Å². The van der Waals surface area contributed by atoms with Gasteiger partial charge in [-0.1, -0.05) is 13.8 Å². The van der Waals surface area contributed by atoms with Gasteiger partial charge in [-0.05, 0) is 31.5 Å². The number of nitrogens with one attached hydrogen (secondary N) is 1. The highest BCUT2D eigenvalue weighted by Crippen LogP contribution is 2.42. The molecule has 0 radical (unpaired) electrons. The van der Waals surface area contributed by atoms with Crippen LogP contribution in [-0.4, -0.2) is 29.8 Å². The van der Waals surface area contributed by atoms with Gasteiger partial charge in [0.2, 0.25) is 0 Å². The lowest BCUT2D eigenvalue weighted by atomic mass is 9.64. The highest BCUT2D eigenvalue weighted by molar-refractivity contribution is 5.95. The van der Waals surface area contributed by atoms with E-state index in [1.807, 2.05) is 6.92 Å². The Kier molecular flexibility index (Phi) is 3.90. The van der Waals surface area contributed by atoms with Crippen molar-refractivity contribution in [3.05, 3.63) is 23.8 Å². The first-order valence-electron chi connectivity index (χ1n) is 6.87. The molecular weight excluding hydrogens is 256 g/mol. The minimum Gasteiger partial charge on any atom is -0.506 e. The van der Waals surface area contributed by atoms with Crippen LogP contribution in [0.2, 0.25) is 0 Å². The molecule has 110 valence electrons. The average Bonchev–Trinajstić information content (AvgIpc) is 2.40. The van der Waals surface area contributed by atoms with Crippen molar-refractivity contribution >= 4 is 11.6 Å². The van der Waals surface area contributed by atoms with Crippen molar-refractivity contribution in [2.45, 2.75) is 39.3 Å². The third kappa shape index (κ3) is 2.58. The lowest BCUT2D eigenvalue weighted by Crippen LogP contribution is -2.62. The normalized spacial score (nSPS) is 23.9. The number of amides is 1. The quantitative estimate of drug-likeness (QED) is 0.580. The Labute approximate surface area is 119 Å². The smallest absolute Gasteiger partial charge is 0.251 e. The topological polar surface area (TPSA) is 84.6 Å². The molecule has 1 aromatic rings. The summed E-state index contributed by atoms with van der Waals surface area (Å²) in [7, 11) is 0. The number of carbonyl (C=O) groups excluding carboxylic acids is 1. The molecule has 0 aromatic heterocycles. The first kappa shape index (κ1) is 14.7. The predicted octanol–water partition coefficient (Wildman–Crippen LogP) is 1.91. The number of aromatic hydroxyl groups is 1. The van der Waals surface area contributed by atoms with Crippen molar-refractivity contribution in [1.29, 1.82) is 0 Å². The van der Waals surface area contributed by atoms with E-state index in [1.165, 1.54) is 12.1 Å². The molecule has 1 aliphatic carbocycles. The summed E-state index contributed by atoms with van der Waals surface area (Å²) >= 11 is 0. The fraction of sp³-hybridized carbons (Fsp3) is 0.533. The fourth-order valence-electron chi connectivity index (χ4n) is 2.54. The molecule has 0 saturated heterocycles. The van der Waals surface area contributed by atoms with Crippen molar-refractivity contribution < 1.29 is 14.6 Å². The van der Waals surface area contributed by atoms with Gasteiger partial charge < -0.3 is 20.9 Å². The molecule has 2 atom stereocenters. The number of nitrogens with two attached hydrogens (primary N) is 1. The van der Waals surface area contributed by atoms with Gasteiger partial charge in [0.05, 0.1) is 11.8 Å². The van der Waals surface area contributed by atoms with Gasteiger partial charge in [-0.15, -0.1) is 0 Å². The molecule has 4 N–H and O–H groups in total. The van der Waals surface area contributed by atoms with Crippen molar-refractivity contribution in [3.63, 3.8) is 0 Å². The SMILES string of the molecule is CCOC1CC(NC(=O)c2ccc(N)c(O)c2)C1(C)C. The zero-order valence-electron chi connectivity index (χ0n) is 12.1. The monoisotopic (exact) mass is 278 g/mol. The summed E-state index contributed by atoms with van der Waals surface area (Å²) in [6.07, 6.45) is 0.991. The van der Waals surface area contributed by atoms with Gasteiger partial charge in [0, 0.05) is 23.6 Å². The summed E-state index contributed by atoms with van der Waals surface area (Å²) in [4.78, 5) is 12.2. The summed E-state index contributed by atoms with van der Waals surface area (Å²) < 4.78 is 5.64. The second-order valence-corrected chi connectivity index (χ2v) is 5.80. The number of rotatable bonds is 4. The van der Waals surface area contributed by atoms with Gasteiger partial charge >= 0.3 is 0 Å². The molecule has 2 unspecified atom stereocenters. The number of nitrogen functional groups attached to an aromatic ring is 1. The lowest BCUT2D eigenvalue weighted by Gasteiger charge is -2.51. The largest absolute Gasteiger partial charge is 0.506 e. The van der Waals surface area contributed by atoms with Gasteiger partial charge in [0.15, 0.2) is 0 Å². The van der Waals surface area contributed by atoms with Crippen molar-refractivity contribution in [3.8, 4) is 5.75 Å². The zero-order chi connectivity index (χ0) is 14.9. The number of benzene rings is 1. The number of carbonyl (C=O) groups is 1. The van der Waals surface area contributed by atoms with Crippen LogP contribution in [0.3, 0.4) is 0 Å². The number of anilines is 1. The van der Waals surface area contributed by atoms with E-state index in [2.05, 4.69) is 19.2 Å². The van der Waals surface area contributed by atoms with E-state index in [0.717, 1.165) is 6.42 Å². The number of phenols is 1. The molecule has 20 heavy (non-hydrogen) atoms. The van der Waals surface area contributed by atoms with Crippen molar-refractivity contribution in [2.75, 3.05) is 12.3 Å². The Morgan fingerprint density at radius 2 is 2.25 bits per heavy atom. The van der Waals surface area contributed by atoms with Crippen LogP contribution in [0, 0.1) is 5.41 Å². The van der Waals surface area contributed by atoms with Crippen molar-refractivity contribution in [2.24, 2.45) is 5.41 Å². The van der Waals surface area contributed by atoms with E-state index in [0.29, 0.717) is 12.2 Å². The molecule has 1 amide bonds. The standard InChI is InChI=1S/C15H22N2O3/c1-4-20-13-8-12(15(13,2)3)17-14(19)9-5-6-10(16)11(18)7-9/h5-7,12-13,18H,4,8,16H2,1-3H3,(H,17,19). The molecule has 5 heteroatoms. The van der Waals surface area contributed by atoms with Crippen LogP contribution in [0.15, 0.2) is 18.2 Å². The van der Waals surface area contributed by atoms with E-state index >= 15 is 0 Å². The Hall–Kier alpha value is -1.75. The number of hydrogen-bond acceptors (Lipinski definition) is 4. The van der Waals surface area contributed by atoms with E-state index < -0.39 is 0 Å². The van der Waals surface area contributed by atoms with Gasteiger partial charge in [-0.2, -0.15) is 0 Å². The molecule has 0 bridgehead atoms. The van der Waals surface area contributed by atoms with Crippen LogP contribution in [0.4, 0.5) is 5.69 Å². The van der Waals surface area contributed by atoms with E-state index in [-0.39, 0.29) is 34.9 Å². The maximum Gasteiger partial charge on any atom is 0.251 e. The predicted molar refractivity (Wildman–Crippen MR) is 77.6 cm³/mol. The number of phenolic OH excluding ortho intramolecular Hbond substituents is 1. The summed E-state index contributed by atoms with van der Waals surface area (Å²) in [6.45, 7) is 6.82. The molecule has 1 aromatic carbocycles. The molecule has 1 aliphatic rings. The summed E-state index contributed by atoms with van der Waals surface area (Å²) in [5.41, 5.74) is 6.12. The van der Waals surface area contributed by atoms with Gasteiger partial charge in [-0.3, -0.25) is 4.79 Å². The first-order chi connectivity index (χ1) is 9.36.